The van der Waals surface area contributed by atoms with Crippen molar-refractivity contribution in [2.75, 3.05) is 30.8 Å². The number of carbonyl (C=O) groups is 2. The van der Waals surface area contributed by atoms with E-state index in [1.807, 2.05) is 50.2 Å². The van der Waals surface area contributed by atoms with Gasteiger partial charge in [0.15, 0.2) is 0 Å². The molecule has 0 saturated carbocycles. The summed E-state index contributed by atoms with van der Waals surface area (Å²) in [5, 5.41) is 2.85. The Morgan fingerprint density at radius 1 is 1.09 bits per heavy atom. The summed E-state index contributed by atoms with van der Waals surface area (Å²) in [6.45, 7) is 6.49. The highest BCUT2D eigenvalue weighted by atomic mass is 32.2. The number of nitrogens with zero attached hydrogens (tertiary/aromatic N) is 2. The van der Waals surface area contributed by atoms with Crippen LogP contribution in [0.25, 0.3) is 0 Å². The van der Waals surface area contributed by atoms with E-state index in [4.69, 9.17) is 4.74 Å². The summed E-state index contributed by atoms with van der Waals surface area (Å²) in [5.74, 6) is 0.280. The second-order valence-electron chi connectivity index (χ2n) is 8.56. The number of sulfonamides is 1. The Bertz CT molecular complexity index is 1090. The molecule has 35 heavy (non-hydrogen) atoms. The van der Waals surface area contributed by atoms with E-state index in [0.29, 0.717) is 24.4 Å². The molecule has 0 fully saturated rings. The van der Waals surface area contributed by atoms with Crippen molar-refractivity contribution in [3.05, 3.63) is 59.7 Å². The van der Waals surface area contributed by atoms with Crippen molar-refractivity contribution < 1.29 is 22.7 Å². The second kappa shape index (κ2) is 13.1. The molecule has 0 spiro atoms. The molecule has 0 bridgehead atoms. The predicted molar refractivity (Wildman–Crippen MR) is 139 cm³/mol. The van der Waals surface area contributed by atoms with Crippen LogP contribution in [0.2, 0.25) is 0 Å². The molecule has 8 nitrogen and oxygen atoms in total. The highest BCUT2D eigenvalue weighted by Crippen LogP contribution is 2.23. The Kier molecular flexibility index (Phi) is 10.6. The van der Waals surface area contributed by atoms with E-state index in [2.05, 4.69) is 5.32 Å². The molecule has 2 rings (SSSR count). The van der Waals surface area contributed by atoms with Crippen molar-refractivity contribution >= 4 is 27.5 Å². The Balaban J connectivity index is 2.16. The van der Waals surface area contributed by atoms with Gasteiger partial charge in [0, 0.05) is 26.1 Å². The summed E-state index contributed by atoms with van der Waals surface area (Å²) in [6.07, 6.45) is 2.39. The van der Waals surface area contributed by atoms with Gasteiger partial charge >= 0.3 is 0 Å². The lowest BCUT2D eigenvalue weighted by Crippen LogP contribution is -2.47. The maximum atomic E-state index is 13.3. The fourth-order valence-electron chi connectivity index (χ4n) is 3.73. The predicted octanol–water partition coefficient (Wildman–Crippen LogP) is 3.49. The highest BCUT2D eigenvalue weighted by molar-refractivity contribution is 7.92. The highest BCUT2D eigenvalue weighted by Gasteiger charge is 2.26. The van der Waals surface area contributed by atoms with Crippen LogP contribution in [0.5, 0.6) is 5.75 Å². The Morgan fingerprint density at radius 2 is 1.74 bits per heavy atom. The van der Waals surface area contributed by atoms with E-state index in [-0.39, 0.29) is 31.3 Å². The normalized spacial score (nSPS) is 12.0. The minimum Gasteiger partial charge on any atom is -0.497 e. The second-order valence-corrected chi connectivity index (χ2v) is 10.5. The van der Waals surface area contributed by atoms with Crippen LogP contribution in [0.15, 0.2) is 48.5 Å². The Morgan fingerprint density at radius 3 is 2.31 bits per heavy atom. The molecule has 1 atom stereocenters. The largest absolute Gasteiger partial charge is 0.497 e. The SMILES string of the molecule is CCCNC(=O)C(C)N(Cc1ccc(OC)cc1)C(=O)CCCN(c1ccccc1C)S(C)(=O)=O. The van der Waals surface area contributed by atoms with E-state index in [1.54, 1.807) is 31.1 Å². The first-order valence-electron chi connectivity index (χ1n) is 11.8. The number of rotatable bonds is 13. The number of benzene rings is 2. The van der Waals surface area contributed by atoms with Crippen molar-refractivity contribution in [2.24, 2.45) is 0 Å². The fourth-order valence-corrected chi connectivity index (χ4v) is 4.75. The lowest BCUT2D eigenvalue weighted by atomic mass is 10.1. The number of hydrogen-bond acceptors (Lipinski definition) is 5. The van der Waals surface area contributed by atoms with Gasteiger partial charge in [0.1, 0.15) is 11.8 Å². The quantitative estimate of drug-likeness (QED) is 0.451. The van der Waals surface area contributed by atoms with Gasteiger partial charge < -0.3 is 15.0 Å². The molecule has 9 heteroatoms. The van der Waals surface area contributed by atoms with Crippen LogP contribution >= 0.6 is 0 Å². The molecular formula is C26H37N3O5S. The molecule has 0 aliphatic rings. The van der Waals surface area contributed by atoms with Gasteiger partial charge in [-0.25, -0.2) is 8.42 Å². The minimum atomic E-state index is -3.52. The molecule has 1 N–H and O–H groups in total. The lowest BCUT2D eigenvalue weighted by Gasteiger charge is -2.29. The molecule has 2 aromatic rings. The summed E-state index contributed by atoms with van der Waals surface area (Å²) < 4.78 is 31.4. The lowest BCUT2D eigenvalue weighted by molar-refractivity contribution is -0.140. The van der Waals surface area contributed by atoms with E-state index in [1.165, 1.54) is 4.31 Å². The number of nitrogens with one attached hydrogen (secondary N) is 1. The standard InChI is InChI=1S/C26H37N3O5S/c1-6-17-27-26(31)21(3)28(19-22-13-15-23(34-4)16-14-22)25(30)12-9-18-29(35(5,32)33)24-11-8-7-10-20(24)2/h7-8,10-11,13-16,21H,6,9,12,17-19H2,1-5H3,(H,27,31). The van der Waals surface area contributed by atoms with Crippen molar-refractivity contribution in [3.63, 3.8) is 0 Å². The van der Waals surface area contributed by atoms with Gasteiger partial charge in [-0.3, -0.25) is 13.9 Å². The van der Waals surface area contributed by atoms with Crippen LogP contribution in [-0.2, 0) is 26.2 Å². The number of aryl methyl sites for hydroxylation is 1. The van der Waals surface area contributed by atoms with Crippen molar-refractivity contribution in [3.8, 4) is 5.75 Å². The molecular weight excluding hydrogens is 466 g/mol. The van der Waals surface area contributed by atoms with E-state index >= 15 is 0 Å². The summed E-state index contributed by atoms with van der Waals surface area (Å²) >= 11 is 0. The average molecular weight is 504 g/mol. The zero-order chi connectivity index (χ0) is 26.0. The van der Waals surface area contributed by atoms with Crippen LogP contribution < -0.4 is 14.4 Å². The summed E-state index contributed by atoms with van der Waals surface area (Å²) in [5.41, 5.74) is 2.31. The van der Waals surface area contributed by atoms with Gasteiger partial charge in [0.2, 0.25) is 21.8 Å². The summed E-state index contributed by atoms with van der Waals surface area (Å²) in [7, 11) is -1.94. The van der Waals surface area contributed by atoms with Gasteiger partial charge in [-0.05, 0) is 56.0 Å². The van der Waals surface area contributed by atoms with Gasteiger partial charge in [-0.2, -0.15) is 0 Å². The van der Waals surface area contributed by atoms with Crippen molar-refractivity contribution in [1.82, 2.24) is 10.2 Å². The number of para-hydroxylation sites is 1. The Hall–Kier alpha value is -3.07. The minimum absolute atomic E-state index is 0.111. The first-order valence-corrected chi connectivity index (χ1v) is 13.7. The molecule has 192 valence electrons. The topological polar surface area (TPSA) is 96.0 Å². The molecule has 0 heterocycles. The fraction of sp³-hybridized carbons (Fsp3) is 0.462. The zero-order valence-electron chi connectivity index (χ0n) is 21.3. The first-order chi connectivity index (χ1) is 16.6. The van der Waals surface area contributed by atoms with Crippen molar-refractivity contribution in [2.45, 2.75) is 52.6 Å². The third kappa shape index (κ3) is 8.28. The van der Waals surface area contributed by atoms with E-state index in [9.17, 15) is 18.0 Å². The van der Waals surface area contributed by atoms with Gasteiger partial charge in [0.25, 0.3) is 0 Å². The van der Waals surface area contributed by atoms with Crippen LogP contribution in [0.3, 0.4) is 0 Å². The number of anilines is 1. The van der Waals surface area contributed by atoms with Gasteiger partial charge in [-0.15, -0.1) is 0 Å². The monoisotopic (exact) mass is 503 g/mol. The van der Waals surface area contributed by atoms with Gasteiger partial charge in [0.05, 0.1) is 19.1 Å². The van der Waals surface area contributed by atoms with E-state index < -0.39 is 16.1 Å². The number of amides is 2. The Labute approximate surface area is 209 Å². The molecule has 0 aliphatic heterocycles. The maximum absolute atomic E-state index is 13.3. The van der Waals surface area contributed by atoms with E-state index in [0.717, 1.165) is 23.8 Å². The van der Waals surface area contributed by atoms with Crippen molar-refractivity contribution in [1.29, 1.82) is 0 Å². The van der Waals surface area contributed by atoms with Crippen LogP contribution in [-0.4, -0.2) is 57.6 Å². The number of hydrogen-bond donors (Lipinski definition) is 1. The van der Waals surface area contributed by atoms with Crippen LogP contribution in [0.4, 0.5) is 5.69 Å². The molecule has 0 aliphatic carbocycles. The zero-order valence-corrected chi connectivity index (χ0v) is 22.1. The third-order valence-corrected chi connectivity index (χ3v) is 6.94. The summed E-state index contributed by atoms with van der Waals surface area (Å²) in [4.78, 5) is 27.5. The molecule has 2 aromatic carbocycles. The number of methoxy groups -OCH3 is 1. The molecule has 0 aromatic heterocycles. The van der Waals surface area contributed by atoms with Crippen LogP contribution in [0.1, 0.15) is 44.2 Å². The van der Waals surface area contributed by atoms with Gasteiger partial charge in [-0.1, -0.05) is 37.3 Å². The molecule has 1 unspecified atom stereocenters. The maximum Gasteiger partial charge on any atom is 0.242 e. The molecule has 2 amide bonds. The smallest absolute Gasteiger partial charge is 0.242 e. The molecule has 0 saturated heterocycles. The third-order valence-electron chi connectivity index (χ3n) is 5.76. The average Bonchev–Trinajstić information content (AvgIpc) is 2.83. The first kappa shape index (κ1) is 28.2. The van der Waals surface area contributed by atoms with Crippen LogP contribution in [0, 0.1) is 6.92 Å². The molecule has 0 radical (unpaired) electrons. The number of ether oxygens (including phenoxy) is 1. The number of carbonyl (C=O) groups excluding carboxylic acids is 2. The summed E-state index contributed by atoms with van der Waals surface area (Å²) in [6, 6.07) is 13.9.